The zero-order valence-corrected chi connectivity index (χ0v) is 13.1. The minimum Gasteiger partial charge on any atom is -0.354 e. The Morgan fingerprint density at radius 2 is 2.14 bits per heavy atom. The monoisotopic (exact) mass is 304 g/mol. The van der Waals surface area contributed by atoms with Crippen molar-refractivity contribution in [3.05, 3.63) is 24.5 Å². The Balaban J connectivity index is 1.82. The van der Waals surface area contributed by atoms with Crippen LogP contribution in [0.4, 0.5) is 10.5 Å². The summed E-state index contributed by atoms with van der Waals surface area (Å²) >= 11 is 0. The number of nitrogens with zero attached hydrogens (tertiary/aromatic N) is 1. The first-order valence-corrected chi connectivity index (χ1v) is 7.82. The topological polar surface area (TPSA) is 83.1 Å². The second kappa shape index (κ2) is 7.77. The number of amides is 3. The molecule has 1 aromatic heterocycles. The van der Waals surface area contributed by atoms with Crippen molar-refractivity contribution in [2.75, 3.05) is 5.32 Å². The molecule has 0 saturated heterocycles. The molecule has 0 unspecified atom stereocenters. The van der Waals surface area contributed by atoms with Gasteiger partial charge < -0.3 is 16.0 Å². The fourth-order valence-electron chi connectivity index (χ4n) is 2.75. The van der Waals surface area contributed by atoms with Crippen LogP contribution in [-0.4, -0.2) is 29.0 Å². The minimum atomic E-state index is -0.247. The van der Waals surface area contributed by atoms with E-state index < -0.39 is 0 Å². The minimum absolute atomic E-state index is 0.0140. The van der Waals surface area contributed by atoms with Gasteiger partial charge in [0, 0.05) is 24.2 Å². The molecule has 1 fully saturated rings. The van der Waals surface area contributed by atoms with Gasteiger partial charge in [-0.05, 0) is 45.2 Å². The lowest BCUT2D eigenvalue weighted by Crippen LogP contribution is -2.44. The van der Waals surface area contributed by atoms with Crippen LogP contribution in [0.15, 0.2) is 24.5 Å². The van der Waals surface area contributed by atoms with Crippen molar-refractivity contribution in [2.45, 2.75) is 51.6 Å². The van der Waals surface area contributed by atoms with E-state index in [9.17, 15) is 9.59 Å². The van der Waals surface area contributed by atoms with Crippen LogP contribution in [0, 0.1) is 5.92 Å². The van der Waals surface area contributed by atoms with Crippen molar-refractivity contribution in [1.82, 2.24) is 15.6 Å². The third-order valence-corrected chi connectivity index (χ3v) is 3.73. The molecule has 0 aliphatic heterocycles. The normalized spacial score (nSPS) is 21.2. The number of anilines is 1. The summed E-state index contributed by atoms with van der Waals surface area (Å²) in [4.78, 5) is 28.0. The molecule has 22 heavy (non-hydrogen) atoms. The standard InChI is InChI=1S/C16H24N4O2/c1-11(2)18-15(21)12-5-3-6-13(9-12)19-16(22)20-14-7-4-8-17-10-14/h4,7-8,10-13H,3,5-6,9H2,1-2H3,(H,18,21)(H2,19,20,22)/t12-,13-/m1/s1. The molecule has 1 aliphatic carbocycles. The Bertz CT molecular complexity index is 504. The quantitative estimate of drug-likeness (QED) is 0.798. The van der Waals surface area contributed by atoms with Gasteiger partial charge in [-0.3, -0.25) is 9.78 Å². The highest BCUT2D eigenvalue weighted by molar-refractivity contribution is 5.89. The van der Waals surface area contributed by atoms with E-state index >= 15 is 0 Å². The molecule has 6 heteroatoms. The molecular weight excluding hydrogens is 280 g/mol. The van der Waals surface area contributed by atoms with Gasteiger partial charge in [0.15, 0.2) is 0 Å². The van der Waals surface area contributed by atoms with E-state index in [1.165, 1.54) is 0 Å². The molecule has 3 N–H and O–H groups in total. The molecule has 0 bridgehead atoms. The zero-order chi connectivity index (χ0) is 15.9. The van der Waals surface area contributed by atoms with E-state index in [2.05, 4.69) is 20.9 Å². The Labute approximate surface area is 131 Å². The van der Waals surface area contributed by atoms with Crippen LogP contribution in [0.1, 0.15) is 39.5 Å². The number of pyridine rings is 1. The van der Waals surface area contributed by atoms with Crippen molar-refractivity contribution in [3.8, 4) is 0 Å². The second-order valence-corrected chi connectivity index (χ2v) is 6.06. The molecule has 2 rings (SSSR count). The van der Waals surface area contributed by atoms with Crippen LogP contribution in [-0.2, 0) is 4.79 Å². The van der Waals surface area contributed by atoms with Crippen LogP contribution in [0.3, 0.4) is 0 Å². The number of aromatic nitrogens is 1. The second-order valence-electron chi connectivity index (χ2n) is 6.06. The first-order chi connectivity index (χ1) is 10.5. The molecule has 1 aliphatic rings. The smallest absolute Gasteiger partial charge is 0.319 e. The van der Waals surface area contributed by atoms with Crippen LogP contribution >= 0.6 is 0 Å². The van der Waals surface area contributed by atoms with Gasteiger partial charge in [0.2, 0.25) is 5.91 Å². The molecule has 0 spiro atoms. The Morgan fingerprint density at radius 1 is 1.32 bits per heavy atom. The van der Waals surface area contributed by atoms with Crippen molar-refractivity contribution < 1.29 is 9.59 Å². The summed E-state index contributed by atoms with van der Waals surface area (Å²) in [6.07, 6.45) is 6.70. The molecule has 1 saturated carbocycles. The van der Waals surface area contributed by atoms with Gasteiger partial charge >= 0.3 is 6.03 Å². The summed E-state index contributed by atoms with van der Waals surface area (Å²) in [7, 11) is 0. The summed E-state index contributed by atoms with van der Waals surface area (Å²) in [5.41, 5.74) is 0.657. The van der Waals surface area contributed by atoms with Gasteiger partial charge in [-0.1, -0.05) is 6.42 Å². The van der Waals surface area contributed by atoms with Crippen molar-refractivity contribution in [3.63, 3.8) is 0 Å². The third-order valence-electron chi connectivity index (χ3n) is 3.73. The number of rotatable bonds is 4. The van der Waals surface area contributed by atoms with Crippen LogP contribution in [0.5, 0.6) is 0 Å². The fraction of sp³-hybridized carbons (Fsp3) is 0.562. The van der Waals surface area contributed by atoms with Crippen LogP contribution in [0.25, 0.3) is 0 Å². The third kappa shape index (κ3) is 5.02. The van der Waals surface area contributed by atoms with E-state index in [1.807, 2.05) is 13.8 Å². The molecule has 1 aromatic rings. The lowest BCUT2D eigenvalue weighted by Gasteiger charge is -2.29. The lowest BCUT2D eigenvalue weighted by molar-refractivity contribution is -0.126. The van der Waals surface area contributed by atoms with Crippen molar-refractivity contribution >= 4 is 17.6 Å². The summed E-state index contributed by atoms with van der Waals surface area (Å²) in [6, 6.07) is 3.49. The van der Waals surface area contributed by atoms with E-state index in [0.29, 0.717) is 12.1 Å². The Kier molecular flexibility index (Phi) is 5.75. The predicted octanol–water partition coefficient (Wildman–Crippen LogP) is 2.29. The van der Waals surface area contributed by atoms with Gasteiger partial charge in [0.25, 0.3) is 0 Å². The lowest BCUT2D eigenvalue weighted by atomic mass is 9.85. The maximum Gasteiger partial charge on any atom is 0.319 e. The summed E-state index contributed by atoms with van der Waals surface area (Å²) in [5.74, 6) is 0.0778. The first-order valence-electron chi connectivity index (χ1n) is 7.82. The highest BCUT2D eigenvalue weighted by atomic mass is 16.2. The number of nitrogens with one attached hydrogen (secondary N) is 3. The van der Waals surface area contributed by atoms with Crippen LogP contribution < -0.4 is 16.0 Å². The molecule has 3 amide bonds. The number of hydrogen-bond donors (Lipinski definition) is 3. The molecule has 0 radical (unpaired) electrons. The van der Waals surface area contributed by atoms with E-state index in [-0.39, 0.29) is 29.9 Å². The number of carbonyl (C=O) groups is 2. The van der Waals surface area contributed by atoms with Crippen molar-refractivity contribution in [2.24, 2.45) is 5.92 Å². The number of hydrogen-bond acceptors (Lipinski definition) is 3. The summed E-state index contributed by atoms with van der Waals surface area (Å²) in [5, 5.41) is 8.65. The maximum absolute atomic E-state index is 12.1. The largest absolute Gasteiger partial charge is 0.354 e. The van der Waals surface area contributed by atoms with Crippen molar-refractivity contribution in [1.29, 1.82) is 0 Å². The Morgan fingerprint density at radius 3 is 2.82 bits per heavy atom. The molecular formula is C16H24N4O2. The highest BCUT2D eigenvalue weighted by Gasteiger charge is 2.28. The summed E-state index contributed by atoms with van der Waals surface area (Å²) in [6.45, 7) is 3.91. The van der Waals surface area contributed by atoms with Crippen LogP contribution in [0.2, 0.25) is 0 Å². The van der Waals surface area contributed by atoms with Gasteiger partial charge in [0.1, 0.15) is 0 Å². The first kappa shape index (κ1) is 16.3. The SMILES string of the molecule is CC(C)NC(=O)[C@@H]1CCC[C@@H](NC(=O)Nc2cccnc2)C1. The number of carbonyl (C=O) groups excluding carboxylic acids is 2. The molecule has 120 valence electrons. The van der Waals surface area contributed by atoms with Gasteiger partial charge in [-0.15, -0.1) is 0 Å². The fourth-order valence-corrected chi connectivity index (χ4v) is 2.75. The molecule has 6 nitrogen and oxygen atoms in total. The Hall–Kier alpha value is -2.11. The van der Waals surface area contributed by atoms with Gasteiger partial charge in [0.05, 0.1) is 11.9 Å². The highest BCUT2D eigenvalue weighted by Crippen LogP contribution is 2.24. The van der Waals surface area contributed by atoms with Gasteiger partial charge in [-0.25, -0.2) is 4.79 Å². The van der Waals surface area contributed by atoms with E-state index in [1.54, 1.807) is 24.5 Å². The predicted molar refractivity (Wildman–Crippen MR) is 85.4 cm³/mol. The zero-order valence-electron chi connectivity index (χ0n) is 13.1. The average Bonchev–Trinajstić information content (AvgIpc) is 2.47. The maximum atomic E-state index is 12.1. The summed E-state index contributed by atoms with van der Waals surface area (Å²) < 4.78 is 0. The average molecular weight is 304 g/mol. The van der Waals surface area contributed by atoms with E-state index in [0.717, 1.165) is 19.3 Å². The molecule has 1 heterocycles. The van der Waals surface area contributed by atoms with Gasteiger partial charge in [-0.2, -0.15) is 0 Å². The molecule has 0 aromatic carbocycles. The number of urea groups is 1. The van der Waals surface area contributed by atoms with E-state index in [4.69, 9.17) is 0 Å². The molecule has 2 atom stereocenters.